The van der Waals surface area contributed by atoms with Crippen molar-refractivity contribution >= 4 is 11.6 Å². The van der Waals surface area contributed by atoms with Crippen LogP contribution in [0.25, 0.3) is 0 Å². The molecule has 0 saturated carbocycles. The normalized spacial score (nSPS) is 21.6. The van der Waals surface area contributed by atoms with E-state index in [1.807, 2.05) is 12.1 Å². The highest BCUT2D eigenvalue weighted by molar-refractivity contribution is 6.30. The Balaban J connectivity index is 1.99. The molecule has 0 aliphatic carbocycles. The number of rotatable bonds is 3. The molecule has 1 atom stereocenters. The van der Waals surface area contributed by atoms with E-state index in [0.717, 1.165) is 24.7 Å². The number of nitrogens with two attached hydrogens (primary N) is 1. The zero-order valence-corrected chi connectivity index (χ0v) is 10.5. The van der Waals surface area contributed by atoms with Crippen LogP contribution < -0.4 is 5.73 Å². The number of aryl methyl sites for hydroxylation is 1. The Morgan fingerprint density at radius 3 is 2.94 bits per heavy atom. The van der Waals surface area contributed by atoms with Crippen molar-refractivity contribution in [1.82, 2.24) is 4.90 Å². The monoisotopic (exact) mass is 238 g/mol. The molecule has 1 heterocycles. The van der Waals surface area contributed by atoms with E-state index < -0.39 is 0 Å². The third-order valence-electron chi connectivity index (χ3n) is 3.40. The highest BCUT2D eigenvalue weighted by atomic mass is 35.5. The summed E-state index contributed by atoms with van der Waals surface area (Å²) in [6.45, 7) is 6.27. The Labute approximate surface area is 102 Å². The second-order valence-corrected chi connectivity index (χ2v) is 5.13. The molecule has 2 rings (SSSR count). The fourth-order valence-corrected chi connectivity index (χ4v) is 2.55. The van der Waals surface area contributed by atoms with Crippen molar-refractivity contribution in [2.45, 2.75) is 19.9 Å². The topological polar surface area (TPSA) is 29.3 Å². The highest BCUT2D eigenvalue weighted by Crippen LogP contribution is 2.21. The molecule has 1 unspecified atom stereocenters. The molecule has 0 spiro atoms. The molecule has 1 aliphatic heterocycles. The molecular weight excluding hydrogens is 220 g/mol. The maximum Gasteiger partial charge on any atom is 0.0408 e. The molecular formula is C13H19ClN2. The largest absolute Gasteiger partial charge is 0.330 e. The minimum atomic E-state index is 0.688. The molecule has 1 aromatic carbocycles. The summed E-state index contributed by atoms with van der Waals surface area (Å²) in [6.07, 6.45) is 1.24. The summed E-state index contributed by atoms with van der Waals surface area (Å²) >= 11 is 5.95. The van der Waals surface area contributed by atoms with Gasteiger partial charge in [0.05, 0.1) is 0 Å². The molecule has 2 N–H and O–H groups in total. The van der Waals surface area contributed by atoms with E-state index in [4.69, 9.17) is 17.3 Å². The minimum Gasteiger partial charge on any atom is -0.330 e. The van der Waals surface area contributed by atoms with Crippen LogP contribution in [0, 0.1) is 12.8 Å². The van der Waals surface area contributed by atoms with Crippen molar-refractivity contribution in [2.24, 2.45) is 11.7 Å². The van der Waals surface area contributed by atoms with Gasteiger partial charge < -0.3 is 5.73 Å². The van der Waals surface area contributed by atoms with Crippen LogP contribution >= 0.6 is 11.6 Å². The lowest BCUT2D eigenvalue weighted by atomic mass is 10.1. The summed E-state index contributed by atoms with van der Waals surface area (Å²) in [6, 6.07) is 6.14. The first-order valence-electron chi connectivity index (χ1n) is 5.86. The number of likely N-dealkylation sites (tertiary alicyclic amines) is 1. The molecule has 1 fully saturated rings. The van der Waals surface area contributed by atoms with Crippen molar-refractivity contribution in [3.05, 3.63) is 34.3 Å². The van der Waals surface area contributed by atoms with Gasteiger partial charge in [0, 0.05) is 18.1 Å². The van der Waals surface area contributed by atoms with E-state index >= 15 is 0 Å². The lowest BCUT2D eigenvalue weighted by Crippen LogP contribution is -2.23. The van der Waals surface area contributed by atoms with Gasteiger partial charge in [0.15, 0.2) is 0 Å². The van der Waals surface area contributed by atoms with E-state index in [9.17, 15) is 0 Å². The summed E-state index contributed by atoms with van der Waals surface area (Å²) in [5.41, 5.74) is 8.35. The van der Waals surface area contributed by atoms with E-state index in [-0.39, 0.29) is 0 Å². The smallest absolute Gasteiger partial charge is 0.0408 e. The highest BCUT2D eigenvalue weighted by Gasteiger charge is 2.21. The number of hydrogen-bond acceptors (Lipinski definition) is 2. The molecule has 1 aliphatic rings. The van der Waals surface area contributed by atoms with Crippen molar-refractivity contribution in [2.75, 3.05) is 19.6 Å². The first-order valence-corrected chi connectivity index (χ1v) is 6.24. The molecule has 16 heavy (non-hydrogen) atoms. The van der Waals surface area contributed by atoms with Crippen LogP contribution in [0.1, 0.15) is 17.5 Å². The van der Waals surface area contributed by atoms with E-state index in [0.29, 0.717) is 5.92 Å². The number of benzene rings is 1. The maximum absolute atomic E-state index is 5.95. The molecule has 1 aromatic rings. The van der Waals surface area contributed by atoms with Gasteiger partial charge in [0.25, 0.3) is 0 Å². The summed E-state index contributed by atoms with van der Waals surface area (Å²) in [5, 5.41) is 0.822. The van der Waals surface area contributed by atoms with Gasteiger partial charge in [-0.15, -0.1) is 0 Å². The van der Waals surface area contributed by atoms with Crippen molar-refractivity contribution in [3.63, 3.8) is 0 Å². The Bertz CT molecular complexity index is 365. The molecule has 2 nitrogen and oxygen atoms in total. The zero-order chi connectivity index (χ0) is 11.5. The standard InChI is InChI=1S/C13H19ClN2/c1-10-6-13(14)3-2-12(10)9-16-5-4-11(7-15)8-16/h2-3,6,11H,4-5,7-9,15H2,1H3. The van der Waals surface area contributed by atoms with Crippen LogP contribution in [-0.4, -0.2) is 24.5 Å². The molecule has 0 amide bonds. The quantitative estimate of drug-likeness (QED) is 0.877. The second-order valence-electron chi connectivity index (χ2n) is 4.70. The first kappa shape index (κ1) is 11.9. The Morgan fingerprint density at radius 1 is 1.50 bits per heavy atom. The first-order chi connectivity index (χ1) is 7.69. The van der Waals surface area contributed by atoms with Gasteiger partial charge in [0.1, 0.15) is 0 Å². The van der Waals surface area contributed by atoms with Gasteiger partial charge >= 0.3 is 0 Å². The predicted molar refractivity (Wildman–Crippen MR) is 68.6 cm³/mol. The average molecular weight is 239 g/mol. The van der Waals surface area contributed by atoms with E-state index in [1.54, 1.807) is 0 Å². The molecule has 88 valence electrons. The Morgan fingerprint density at radius 2 is 2.31 bits per heavy atom. The van der Waals surface area contributed by atoms with E-state index in [1.165, 1.54) is 24.1 Å². The van der Waals surface area contributed by atoms with Crippen LogP contribution in [-0.2, 0) is 6.54 Å². The van der Waals surface area contributed by atoms with Crippen molar-refractivity contribution in [1.29, 1.82) is 0 Å². The predicted octanol–water partition coefficient (Wildman–Crippen LogP) is 2.43. The van der Waals surface area contributed by atoms with Crippen LogP contribution in [0.2, 0.25) is 5.02 Å². The summed E-state index contributed by atoms with van der Waals surface area (Å²) in [5.74, 6) is 0.688. The Hall–Kier alpha value is -0.570. The molecule has 0 aromatic heterocycles. The van der Waals surface area contributed by atoms with E-state index in [2.05, 4.69) is 17.9 Å². The molecule has 1 saturated heterocycles. The van der Waals surface area contributed by atoms with Crippen LogP contribution in [0.5, 0.6) is 0 Å². The van der Waals surface area contributed by atoms with Gasteiger partial charge in [-0.25, -0.2) is 0 Å². The van der Waals surface area contributed by atoms with Gasteiger partial charge in [-0.1, -0.05) is 17.7 Å². The fraction of sp³-hybridized carbons (Fsp3) is 0.538. The summed E-state index contributed by atoms with van der Waals surface area (Å²) < 4.78 is 0. The van der Waals surface area contributed by atoms with Crippen LogP contribution in [0.4, 0.5) is 0 Å². The number of halogens is 1. The van der Waals surface area contributed by atoms with Crippen LogP contribution in [0.3, 0.4) is 0 Å². The Kier molecular flexibility index (Phi) is 3.85. The van der Waals surface area contributed by atoms with Crippen LogP contribution in [0.15, 0.2) is 18.2 Å². The van der Waals surface area contributed by atoms with Crippen molar-refractivity contribution < 1.29 is 0 Å². The zero-order valence-electron chi connectivity index (χ0n) is 9.75. The lowest BCUT2D eigenvalue weighted by molar-refractivity contribution is 0.317. The molecule has 0 bridgehead atoms. The third-order valence-corrected chi connectivity index (χ3v) is 3.64. The maximum atomic E-state index is 5.95. The SMILES string of the molecule is Cc1cc(Cl)ccc1CN1CCC(CN)C1. The minimum absolute atomic E-state index is 0.688. The molecule has 3 heteroatoms. The summed E-state index contributed by atoms with van der Waals surface area (Å²) in [7, 11) is 0. The summed E-state index contributed by atoms with van der Waals surface area (Å²) in [4.78, 5) is 2.48. The van der Waals surface area contributed by atoms with Gasteiger partial charge in [-0.05, 0) is 55.6 Å². The van der Waals surface area contributed by atoms with Gasteiger partial charge in [-0.2, -0.15) is 0 Å². The molecule has 0 radical (unpaired) electrons. The lowest BCUT2D eigenvalue weighted by Gasteiger charge is -2.17. The average Bonchev–Trinajstić information content (AvgIpc) is 2.70. The third kappa shape index (κ3) is 2.76. The fourth-order valence-electron chi connectivity index (χ4n) is 2.33. The van der Waals surface area contributed by atoms with Gasteiger partial charge in [0.2, 0.25) is 0 Å². The number of nitrogens with zero attached hydrogens (tertiary/aromatic N) is 1. The number of hydrogen-bond donors (Lipinski definition) is 1. The van der Waals surface area contributed by atoms with Gasteiger partial charge in [-0.3, -0.25) is 4.90 Å². The second kappa shape index (κ2) is 5.17. The van der Waals surface area contributed by atoms with Crippen molar-refractivity contribution in [3.8, 4) is 0 Å².